The van der Waals surface area contributed by atoms with E-state index < -0.39 is 5.54 Å². The number of rotatable bonds is 1. The van der Waals surface area contributed by atoms with E-state index >= 15 is 0 Å². The molecular weight excluding hydrogens is 272 g/mol. The normalized spacial score (nSPS) is 26.2. The van der Waals surface area contributed by atoms with E-state index in [2.05, 4.69) is 27.1 Å². The zero-order valence-corrected chi connectivity index (χ0v) is 11.6. The molecule has 0 aliphatic carbocycles. The summed E-state index contributed by atoms with van der Waals surface area (Å²) in [4.78, 5) is 18.5. The number of nitrogens with zero attached hydrogens (tertiary/aromatic N) is 2. The van der Waals surface area contributed by atoms with Crippen LogP contribution in [0.2, 0.25) is 0 Å². The summed E-state index contributed by atoms with van der Waals surface area (Å²) in [7, 11) is 0. The lowest BCUT2D eigenvalue weighted by Gasteiger charge is -2.23. The first-order chi connectivity index (χ1) is 10.1. The summed E-state index contributed by atoms with van der Waals surface area (Å²) >= 11 is 1.53. The van der Waals surface area contributed by atoms with Gasteiger partial charge in [0.25, 0.3) is 5.91 Å². The van der Waals surface area contributed by atoms with E-state index in [4.69, 9.17) is 1.37 Å². The third-order valence-corrected chi connectivity index (χ3v) is 4.74. The van der Waals surface area contributed by atoms with Crippen molar-refractivity contribution in [3.8, 4) is 0 Å². The second-order valence-corrected chi connectivity index (χ2v) is 6.12. The van der Waals surface area contributed by atoms with Gasteiger partial charge in [-0.25, -0.2) is 4.98 Å². The first kappa shape index (κ1) is 10.7. The van der Waals surface area contributed by atoms with Gasteiger partial charge in [-0.2, -0.15) is 0 Å². The van der Waals surface area contributed by atoms with Gasteiger partial charge in [-0.15, -0.1) is 11.3 Å². The molecule has 1 aromatic carbocycles. The fourth-order valence-corrected chi connectivity index (χ4v) is 3.55. The largest absolute Gasteiger partial charge is 0.368 e. The van der Waals surface area contributed by atoms with Gasteiger partial charge in [-0.05, 0) is 24.6 Å². The molecule has 6 heteroatoms. The Balaban J connectivity index is 1.69. The Morgan fingerprint density at radius 3 is 3.30 bits per heavy atom. The number of carbonyl (C=O) groups excluding carboxylic acids is 1. The van der Waals surface area contributed by atoms with E-state index in [1.54, 1.807) is 5.51 Å². The molecule has 1 amide bonds. The summed E-state index contributed by atoms with van der Waals surface area (Å²) in [6, 6.07) is 4.25. The molecule has 20 heavy (non-hydrogen) atoms. The molecule has 2 saturated heterocycles. The molecule has 2 fully saturated rings. The second kappa shape index (κ2) is 3.96. The highest BCUT2D eigenvalue weighted by Crippen LogP contribution is 2.32. The molecule has 2 N–H and O–H groups in total. The van der Waals surface area contributed by atoms with E-state index in [-0.39, 0.29) is 5.91 Å². The van der Waals surface area contributed by atoms with Crippen molar-refractivity contribution in [2.24, 2.45) is 0 Å². The van der Waals surface area contributed by atoms with Gasteiger partial charge in [-0.1, -0.05) is 6.58 Å². The van der Waals surface area contributed by atoms with Gasteiger partial charge in [0.15, 0.2) is 0 Å². The predicted octanol–water partition coefficient (Wildman–Crippen LogP) is 1.44. The molecule has 102 valence electrons. The Bertz CT molecular complexity index is 773. The summed E-state index contributed by atoms with van der Waals surface area (Å²) in [5, 5.41) is 5.89. The molecule has 1 spiro atoms. The van der Waals surface area contributed by atoms with Crippen LogP contribution >= 0.6 is 11.3 Å². The minimum absolute atomic E-state index is 0.0312. The molecular formula is C14H14N4OS. The van der Waals surface area contributed by atoms with E-state index in [1.165, 1.54) is 11.3 Å². The van der Waals surface area contributed by atoms with Crippen LogP contribution in [0.15, 0.2) is 36.1 Å². The fraction of sp³-hybridized carbons (Fsp3) is 0.286. The average Bonchev–Trinajstić information content (AvgIpc) is 3.10. The minimum atomic E-state index is -0.611. The number of nitrogens with one attached hydrogen (secondary N) is 2. The molecule has 0 bridgehead atoms. The molecule has 5 nitrogen and oxygen atoms in total. The minimum Gasteiger partial charge on any atom is -0.368 e. The van der Waals surface area contributed by atoms with Crippen LogP contribution in [0, 0.1) is 0 Å². The third kappa shape index (κ3) is 1.61. The van der Waals surface area contributed by atoms with Gasteiger partial charge in [0, 0.05) is 12.2 Å². The van der Waals surface area contributed by atoms with Gasteiger partial charge in [-0.3, -0.25) is 4.79 Å². The first-order valence-corrected chi connectivity index (χ1v) is 7.33. The van der Waals surface area contributed by atoms with Crippen molar-refractivity contribution in [3.63, 3.8) is 0 Å². The third-order valence-electron chi connectivity index (χ3n) is 3.95. The van der Waals surface area contributed by atoms with Crippen LogP contribution in [0.5, 0.6) is 0 Å². The van der Waals surface area contributed by atoms with Crippen LogP contribution in [-0.2, 0) is 4.79 Å². The molecule has 2 aliphatic heterocycles. The van der Waals surface area contributed by atoms with Gasteiger partial charge in [0.2, 0.25) is 0 Å². The molecule has 0 radical (unpaired) electrons. The van der Waals surface area contributed by atoms with Gasteiger partial charge >= 0.3 is 0 Å². The number of benzene rings is 1. The zero-order valence-electron chi connectivity index (χ0n) is 11.8. The van der Waals surface area contributed by atoms with E-state index in [0.717, 1.165) is 22.4 Å². The van der Waals surface area contributed by atoms with Crippen molar-refractivity contribution in [3.05, 3.63) is 36.1 Å². The number of thiazole rings is 1. The lowest BCUT2D eigenvalue weighted by atomic mass is 9.99. The first-order valence-electron chi connectivity index (χ1n) is 6.95. The highest BCUT2D eigenvalue weighted by Gasteiger charge is 2.48. The van der Waals surface area contributed by atoms with Gasteiger partial charge in [0.1, 0.15) is 5.54 Å². The number of carbonyl (C=O) groups is 1. The molecule has 2 aliphatic rings. The van der Waals surface area contributed by atoms with E-state index in [9.17, 15) is 4.79 Å². The maximum atomic E-state index is 12.1. The maximum absolute atomic E-state index is 12.1. The maximum Gasteiger partial charge on any atom is 0.253 e. The van der Waals surface area contributed by atoms with Gasteiger partial charge < -0.3 is 15.5 Å². The number of hydrogen-bond acceptors (Lipinski definition) is 5. The molecule has 3 heterocycles. The summed E-state index contributed by atoms with van der Waals surface area (Å²) in [6.45, 7) is 5.04. The fourth-order valence-electron chi connectivity index (χ4n) is 2.91. The Morgan fingerprint density at radius 2 is 2.50 bits per heavy atom. The Labute approximate surface area is 121 Å². The molecule has 1 aromatic heterocycles. The molecule has 4 rings (SSSR count). The Kier molecular flexibility index (Phi) is 2.11. The van der Waals surface area contributed by atoms with Crippen LogP contribution in [0.4, 0.5) is 5.69 Å². The monoisotopic (exact) mass is 288 g/mol. The summed E-state index contributed by atoms with van der Waals surface area (Å²) in [5.41, 5.74) is 2.91. The highest BCUT2D eigenvalue weighted by atomic mass is 32.1. The zero-order chi connectivity index (χ0) is 14.6. The average molecular weight is 288 g/mol. The van der Waals surface area contributed by atoms with Crippen molar-refractivity contribution in [2.45, 2.75) is 12.0 Å². The molecule has 0 saturated carbocycles. The number of amides is 1. The molecule has 1 atom stereocenters. The predicted molar refractivity (Wildman–Crippen MR) is 79.6 cm³/mol. The Morgan fingerprint density at radius 1 is 1.60 bits per heavy atom. The van der Waals surface area contributed by atoms with Crippen LogP contribution in [-0.4, -0.2) is 29.5 Å². The second-order valence-electron chi connectivity index (χ2n) is 5.23. The van der Waals surface area contributed by atoms with Crippen LogP contribution < -0.4 is 15.5 Å². The quantitative estimate of drug-likeness (QED) is 0.833. The van der Waals surface area contributed by atoms with Crippen LogP contribution in [0.25, 0.3) is 10.2 Å². The van der Waals surface area contributed by atoms with Crippen molar-refractivity contribution in [1.29, 1.82) is 0 Å². The van der Waals surface area contributed by atoms with Crippen molar-refractivity contribution in [1.82, 2.24) is 15.6 Å². The number of hydrogen-bond donors (Lipinski definition) is 2. The number of fused-ring (bicyclic) bond motifs is 1. The van der Waals surface area contributed by atoms with Crippen molar-refractivity contribution >= 4 is 33.1 Å². The van der Waals surface area contributed by atoms with E-state index in [0.29, 0.717) is 24.8 Å². The van der Waals surface area contributed by atoms with Crippen molar-refractivity contribution in [2.75, 3.05) is 18.0 Å². The SMILES string of the molecule is [3H]c1cc2scnc2cc1N1CCC2(C1)NC(=C)NC2=O. The standard InChI is InChI=1S/C14H14N4OS/c1-9-16-13(19)14(17-9)4-5-18(7-14)10-2-3-12-11(6-10)15-8-20-12/h2-3,6,8,17H,1,4-5,7H2,(H,16,19)/i2T. The van der Waals surface area contributed by atoms with Crippen LogP contribution in [0.3, 0.4) is 0 Å². The molecule has 1 unspecified atom stereocenters. The lowest BCUT2D eigenvalue weighted by molar-refractivity contribution is -0.123. The number of anilines is 1. The molecule has 2 aromatic rings. The van der Waals surface area contributed by atoms with E-state index in [1.807, 2.05) is 12.1 Å². The smallest absolute Gasteiger partial charge is 0.253 e. The van der Waals surface area contributed by atoms with Gasteiger partial charge in [0.05, 0.1) is 29.5 Å². The highest BCUT2D eigenvalue weighted by molar-refractivity contribution is 7.16. The lowest BCUT2D eigenvalue weighted by Crippen LogP contribution is -2.48. The number of aromatic nitrogens is 1. The van der Waals surface area contributed by atoms with Crippen LogP contribution in [0.1, 0.15) is 7.79 Å². The Hall–Kier alpha value is -2.08. The summed E-state index contributed by atoms with van der Waals surface area (Å²) in [6.07, 6.45) is 0.701. The van der Waals surface area contributed by atoms with Crippen molar-refractivity contribution < 1.29 is 6.17 Å². The topological polar surface area (TPSA) is 57.3 Å². The summed E-state index contributed by atoms with van der Waals surface area (Å²) in [5.74, 6) is 0.527. The summed E-state index contributed by atoms with van der Waals surface area (Å²) < 4.78 is 9.22.